The lowest BCUT2D eigenvalue weighted by atomic mass is 10.1. The quantitative estimate of drug-likeness (QED) is 0.869. The third kappa shape index (κ3) is 2.00. The summed E-state index contributed by atoms with van der Waals surface area (Å²) in [5, 5.41) is 8.94. The van der Waals surface area contributed by atoms with Crippen molar-refractivity contribution in [3.8, 4) is 0 Å². The number of carbonyl (C=O) groups is 2. The lowest BCUT2D eigenvalue weighted by molar-refractivity contribution is -0.141. The van der Waals surface area contributed by atoms with Crippen LogP contribution in [0.25, 0.3) is 0 Å². The highest BCUT2D eigenvalue weighted by molar-refractivity contribution is 5.97. The van der Waals surface area contributed by atoms with E-state index in [1.54, 1.807) is 11.8 Å². The van der Waals surface area contributed by atoms with Gasteiger partial charge in [-0.05, 0) is 27.2 Å². The average molecular weight is 251 g/mol. The normalized spacial score (nSPS) is 19.3. The van der Waals surface area contributed by atoms with Crippen LogP contribution in [0.4, 0.5) is 0 Å². The highest BCUT2D eigenvalue weighted by Gasteiger charge is 2.33. The summed E-state index contributed by atoms with van der Waals surface area (Å²) >= 11 is 0. The molecule has 1 aromatic heterocycles. The SMILES string of the molecule is Cc1oc(C)c(C(=O)N2CCC(C(=O)O)C2)c1C. The molecule has 0 saturated carbocycles. The second kappa shape index (κ2) is 4.48. The lowest BCUT2D eigenvalue weighted by Crippen LogP contribution is -2.30. The monoisotopic (exact) mass is 251 g/mol. The van der Waals surface area contributed by atoms with Crippen molar-refractivity contribution in [2.45, 2.75) is 27.2 Å². The van der Waals surface area contributed by atoms with Crippen LogP contribution in [0.3, 0.4) is 0 Å². The number of hydrogen-bond acceptors (Lipinski definition) is 3. The summed E-state index contributed by atoms with van der Waals surface area (Å²) in [6.07, 6.45) is 0.524. The molecule has 1 saturated heterocycles. The van der Waals surface area contributed by atoms with Crippen LogP contribution in [0.15, 0.2) is 4.42 Å². The van der Waals surface area contributed by atoms with E-state index < -0.39 is 11.9 Å². The zero-order valence-corrected chi connectivity index (χ0v) is 10.8. The number of carboxylic acids is 1. The van der Waals surface area contributed by atoms with Gasteiger partial charge in [-0.3, -0.25) is 9.59 Å². The van der Waals surface area contributed by atoms with Crippen LogP contribution in [0, 0.1) is 26.7 Å². The molecule has 1 aromatic rings. The molecule has 0 radical (unpaired) electrons. The first kappa shape index (κ1) is 12.7. The average Bonchev–Trinajstić information content (AvgIpc) is 2.85. The number of aryl methyl sites for hydroxylation is 2. The van der Waals surface area contributed by atoms with E-state index in [4.69, 9.17) is 9.52 Å². The lowest BCUT2D eigenvalue weighted by Gasteiger charge is -2.15. The molecule has 5 nitrogen and oxygen atoms in total. The van der Waals surface area contributed by atoms with Gasteiger partial charge in [0.1, 0.15) is 11.5 Å². The van der Waals surface area contributed by atoms with Crippen molar-refractivity contribution in [3.05, 3.63) is 22.6 Å². The van der Waals surface area contributed by atoms with E-state index in [1.165, 1.54) is 0 Å². The topological polar surface area (TPSA) is 70.8 Å². The van der Waals surface area contributed by atoms with Crippen LogP contribution in [0.5, 0.6) is 0 Å². The molecule has 98 valence electrons. The van der Waals surface area contributed by atoms with E-state index in [0.717, 1.165) is 11.3 Å². The molecular formula is C13H17NO4. The molecule has 0 spiro atoms. The van der Waals surface area contributed by atoms with Gasteiger partial charge in [0.05, 0.1) is 11.5 Å². The van der Waals surface area contributed by atoms with E-state index in [-0.39, 0.29) is 12.5 Å². The molecule has 1 aliphatic heterocycles. The van der Waals surface area contributed by atoms with E-state index in [1.807, 2.05) is 13.8 Å². The van der Waals surface area contributed by atoms with Crippen LogP contribution in [-0.4, -0.2) is 35.0 Å². The number of carbonyl (C=O) groups excluding carboxylic acids is 1. The molecule has 0 bridgehead atoms. The number of rotatable bonds is 2. The molecule has 1 fully saturated rings. The fraction of sp³-hybridized carbons (Fsp3) is 0.538. The van der Waals surface area contributed by atoms with Gasteiger partial charge in [-0.1, -0.05) is 0 Å². The molecule has 1 N–H and O–H groups in total. The largest absolute Gasteiger partial charge is 0.481 e. The summed E-state index contributed by atoms with van der Waals surface area (Å²) in [4.78, 5) is 24.8. The summed E-state index contributed by atoms with van der Waals surface area (Å²) in [5.41, 5.74) is 1.43. The van der Waals surface area contributed by atoms with Gasteiger partial charge < -0.3 is 14.4 Å². The Labute approximate surface area is 105 Å². The second-order valence-electron chi connectivity index (χ2n) is 4.79. The number of aliphatic carboxylic acids is 1. The molecule has 2 rings (SSSR count). The minimum absolute atomic E-state index is 0.120. The van der Waals surface area contributed by atoms with Crippen molar-refractivity contribution < 1.29 is 19.1 Å². The summed E-state index contributed by atoms with van der Waals surface area (Å²) in [5.74, 6) is -0.0473. The van der Waals surface area contributed by atoms with Crippen molar-refractivity contribution in [2.24, 2.45) is 5.92 Å². The molecule has 1 amide bonds. The predicted octanol–water partition coefficient (Wildman–Crippen LogP) is 1.75. The first-order valence-electron chi connectivity index (χ1n) is 6.00. The molecule has 2 heterocycles. The highest BCUT2D eigenvalue weighted by atomic mass is 16.4. The third-order valence-corrected chi connectivity index (χ3v) is 3.60. The Morgan fingerprint density at radius 3 is 2.39 bits per heavy atom. The van der Waals surface area contributed by atoms with Crippen molar-refractivity contribution in [3.63, 3.8) is 0 Å². The van der Waals surface area contributed by atoms with Crippen LogP contribution in [0.2, 0.25) is 0 Å². The number of nitrogens with zero attached hydrogens (tertiary/aromatic N) is 1. The van der Waals surface area contributed by atoms with Gasteiger partial charge in [0.25, 0.3) is 5.91 Å². The second-order valence-corrected chi connectivity index (χ2v) is 4.79. The van der Waals surface area contributed by atoms with Crippen molar-refractivity contribution in [2.75, 3.05) is 13.1 Å². The van der Waals surface area contributed by atoms with Crippen molar-refractivity contribution in [1.29, 1.82) is 0 Å². The van der Waals surface area contributed by atoms with E-state index >= 15 is 0 Å². The Morgan fingerprint density at radius 2 is 1.94 bits per heavy atom. The molecule has 0 aliphatic carbocycles. The fourth-order valence-electron chi connectivity index (χ4n) is 2.41. The van der Waals surface area contributed by atoms with Crippen LogP contribution in [-0.2, 0) is 4.79 Å². The van der Waals surface area contributed by atoms with Gasteiger partial charge in [0.15, 0.2) is 0 Å². The fourth-order valence-corrected chi connectivity index (χ4v) is 2.41. The molecular weight excluding hydrogens is 234 g/mol. The Hall–Kier alpha value is -1.78. The molecule has 1 atom stereocenters. The zero-order valence-electron chi connectivity index (χ0n) is 10.8. The zero-order chi connectivity index (χ0) is 13.4. The van der Waals surface area contributed by atoms with Gasteiger partial charge >= 0.3 is 5.97 Å². The van der Waals surface area contributed by atoms with Gasteiger partial charge in [0, 0.05) is 18.7 Å². The molecule has 1 unspecified atom stereocenters. The summed E-state index contributed by atoms with van der Waals surface area (Å²) < 4.78 is 5.44. The number of hydrogen-bond donors (Lipinski definition) is 1. The van der Waals surface area contributed by atoms with Gasteiger partial charge in [-0.2, -0.15) is 0 Å². The Balaban J connectivity index is 2.20. The Bertz CT molecular complexity index is 503. The van der Waals surface area contributed by atoms with Gasteiger partial charge in [0.2, 0.25) is 0 Å². The third-order valence-electron chi connectivity index (χ3n) is 3.60. The molecule has 18 heavy (non-hydrogen) atoms. The number of amides is 1. The van der Waals surface area contributed by atoms with Crippen LogP contribution < -0.4 is 0 Å². The smallest absolute Gasteiger partial charge is 0.308 e. The maximum Gasteiger partial charge on any atom is 0.308 e. The maximum atomic E-state index is 12.3. The van der Waals surface area contributed by atoms with Gasteiger partial charge in [-0.15, -0.1) is 0 Å². The summed E-state index contributed by atoms with van der Waals surface area (Å²) in [6, 6.07) is 0. The Morgan fingerprint density at radius 1 is 1.28 bits per heavy atom. The first-order valence-corrected chi connectivity index (χ1v) is 6.00. The molecule has 1 aliphatic rings. The summed E-state index contributed by atoms with van der Waals surface area (Å²) in [7, 11) is 0. The standard InChI is InChI=1S/C13H17NO4/c1-7-8(2)18-9(3)11(7)12(15)14-5-4-10(6-14)13(16)17/h10H,4-6H2,1-3H3,(H,16,17). The first-order chi connectivity index (χ1) is 8.41. The minimum atomic E-state index is -0.831. The highest BCUT2D eigenvalue weighted by Crippen LogP contribution is 2.25. The van der Waals surface area contributed by atoms with Crippen LogP contribution >= 0.6 is 0 Å². The number of carboxylic acid groups (broad SMARTS) is 1. The Kier molecular flexibility index (Phi) is 3.15. The van der Waals surface area contributed by atoms with Crippen molar-refractivity contribution >= 4 is 11.9 Å². The minimum Gasteiger partial charge on any atom is -0.481 e. The van der Waals surface area contributed by atoms with Crippen LogP contribution in [0.1, 0.15) is 33.9 Å². The van der Waals surface area contributed by atoms with Gasteiger partial charge in [-0.25, -0.2) is 0 Å². The number of likely N-dealkylation sites (tertiary alicyclic amines) is 1. The van der Waals surface area contributed by atoms with E-state index in [2.05, 4.69) is 0 Å². The summed E-state index contributed by atoms with van der Waals surface area (Å²) in [6.45, 7) is 6.22. The number of furan rings is 1. The van der Waals surface area contributed by atoms with E-state index in [0.29, 0.717) is 24.3 Å². The molecule has 0 aromatic carbocycles. The predicted molar refractivity (Wildman–Crippen MR) is 64.6 cm³/mol. The molecule has 5 heteroatoms. The van der Waals surface area contributed by atoms with Crippen molar-refractivity contribution in [1.82, 2.24) is 4.90 Å². The maximum absolute atomic E-state index is 12.3. The van der Waals surface area contributed by atoms with E-state index in [9.17, 15) is 9.59 Å².